The van der Waals surface area contributed by atoms with E-state index in [4.69, 9.17) is 4.98 Å². The first-order valence-corrected chi connectivity index (χ1v) is 11.4. The Bertz CT molecular complexity index is 1090. The second-order valence-corrected chi connectivity index (χ2v) is 9.43. The molecule has 0 saturated carbocycles. The maximum Gasteiger partial charge on any atom is 0.147 e. The summed E-state index contributed by atoms with van der Waals surface area (Å²) in [6, 6.07) is 12.7. The van der Waals surface area contributed by atoms with Crippen molar-refractivity contribution >= 4 is 29.3 Å². The van der Waals surface area contributed by atoms with Crippen LogP contribution in [0.15, 0.2) is 47.6 Å². The van der Waals surface area contributed by atoms with Crippen molar-refractivity contribution in [1.29, 1.82) is 0 Å². The van der Waals surface area contributed by atoms with Gasteiger partial charge in [-0.05, 0) is 82.4 Å². The van der Waals surface area contributed by atoms with Gasteiger partial charge in [0.25, 0.3) is 0 Å². The Kier molecular flexibility index (Phi) is 6.53. The number of nitrogens with one attached hydrogen (secondary N) is 1. The minimum atomic E-state index is 0.206. The first-order valence-electron chi connectivity index (χ1n) is 11.4. The van der Waals surface area contributed by atoms with E-state index < -0.39 is 0 Å². The maximum atomic E-state index is 4.97. The number of piperazine rings is 1. The third-order valence-corrected chi connectivity index (χ3v) is 6.32. The van der Waals surface area contributed by atoms with E-state index in [0.717, 1.165) is 72.8 Å². The van der Waals surface area contributed by atoms with Crippen molar-refractivity contribution in [2.75, 3.05) is 44.7 Å². The Morgan fingerprint density at radius 3 is 2.41 bits per heavy atom. The third kappa shape index (κ3) is 4.81. The number of aliphatic imine (C=N–C) groups is 1. The monoisotopic (exact) mass is 430 g/mol. The molecule has 4 rings (SSSR count). The molecule has 2 aromatic carbocycles. The van der Waals surface area contributed by atoms with E-state index in [1.165, 1.54) is 5.56 Å². The molecule has 32 heavy (non-hydrogen) atoms. The largest absolute Gasteiger partial charge is 0.353 e. The molecule has 0 radical (unpaired) electrons. The van der Waals surface area contributed by atoms with Crippen LogP contribution in [0.1, 0.15) is 26.3 Å². The number of hydrogen-bond donors (Lipinski definition) is 1. The van der Waals surface area contributed by atoms with Crippen molar-refractivity contribution in [1.82, 2.24) is 20.2 Å². The molecule has 0 atom stereocenters. The number of nitrogens with zero attached hydrogens (tertiary/aromatic N) is 5. The second kappa shape index (κ2) is 9.35. The molecular formula is C26H34N6. The standard InChI is InChI=1S/C26H34N6/c1-26(2,3)32-14-12-31(13-15-32)25-18-29-22-9-8-21(17-24(22)30-25)20-7-6-19(10-11-27-4)23(16-20)28-5/h6-9,16-18,27H,5,10-15H2,1-4H3. The number of hydrogen-bond acceptors (Lipinski definition) is 6. The predicted molar refractivity (Wildman–Crippen MR) is 135 cm³/mol. The average Bonchev–Trinajstić information content (AvgIpc) is 2.81. The van der Waals surface area contributed by atoms with Gasteiger partial charge in [0.2, 0.25) is 0 Å². The van der Waals surface area contributed by atoms with Crippen LogP contribution in [0.2, 0.25) is 0 Å². The van der Waals surface area contributed by atoms with Gasteiger partial charge in [-0.1, -0.05) is 18.2 Å². The Balaban J connectivity index is 1.58. The van der Waals surface area contributed by atoms with Gasteiger partial charge in [0.05, 0.1) is 22.9 Å². The zero-order valence-corrected chi connectivity index (χ0v) is 19.7. The highest BCUT2D eigenvalue weighted by atomic mass is 15.3. The van der Waals surface area contributed by atoms with Crippen molar-refractivity contribution < 1.29 is 0 Å². The van der Waals surface area contributed by atoms with E-state index in [1.54, 1.807) is 0 Å². The van der Waals surface area contributed by atoms with E-state index in [-0.39, 0.29) is 5.54 Å². The van der Waals surface area contributed by atoms with E-state index in [9.17, 15) is 0 Å². The summed E-state index contributed by atoms with van der Waals surface area (Å²) in [5.41, 5.74) is 6.42. The third-order valence-electron chi connectivity index (χ3n) is 6.32. The minimum Gasteiger partial charge on any atom is -0.353 e. The second-order valence-electron chi connectivity index (χ2n) is 9.43. The number of likely N-dealkylation sites (N-methyl/N-ethyl adjacent to an activating group) is 1. The van der Waals surface area contributed by atoms with Gasteiger partial charge in [-0.25, -0.2) is 4.98 Å². The van der Waals surface area contributed by atoms with Crippen LogP contribution in [0.3, 0.4) is 0 Å². The fourth-order valence-electron chi connectivity index (χ4n) is 4.30. The summed E-state index contributed by atoms with van der Waals surface area (Å²) < 4.78 is 0. The van der Waals surface area contributed by atoms with Gasteiger partial charge in [0, 0.05) is 31.7 Å². The quantitative estimate of drug-likeness (QED) is 0.591. The zero-order chi connectivity index (χ0) is 22.7. The molecule has 0 aliphatic carbocycles. The summed E-state index contributed by atoms with van der Waals surface area (Å²) in [5.74, 6) is 0.957. The van der Waals surface area contributed by atoms with Crippen molar-refractivity contribution in [3.05, 3.63) is 48.2 Å². The lowest BCUT2D eigenvalue weighted by molar-refractivity contribution is 0.128. The van der Waals surface area contributed by atoms with Gasteiger partial charge >= 0.3 is 0 Å². The average molecular weight is 431 g/mol. The number of fused-ring (bicyclic) bond motifs is 1. The lowest BCUT2D eigenvalue weighted by Crippen LogP contribution is -2.53. The van der Waals surface area contributed by atoms with Crippen LogP contribution in [0.5, 0.6) is 0 Å². The van der Waals surface area contributed by atoms with Crippen molar-refractivity contribution in [3.63, 3.8) is 0 Å². The zero-order valence-electron chi connectivity index (χ0n) is 19.7. The van der Waals surface area contributed by atoms with Crippen molar-refractivity contribution in [2.45, 2.75) is 32.7 Å². The van der Waals surface area contributed by atoms with Gasteiger partial charge in [-0.3, -0.25) is 14.9 Å². The summed E-state index contributed by atoms with van der Waals surface area (Å²) in [5, 5.41) is 3.19. The minimum absolute atomic E-state index is 0.206. The predicted octanol–water partition coefficient (Wildman–Crippen LogP) is 4.31. The first kappa shape index (κ1) is 22.4. The summed E-state index contributed by atoms with van der Waals surface area (Å²) in [4.78, 5) is 18.8. The van der Waals surface area contributed by atoms with Gasteiger partial charge < -0.3 is 10.2 Å². The SMILES string of the molecule is C=Nc1cc(-c2ccc3ncc(N4CCN(C(C)(C)C)CC4)nc3c2)ccc1CCNC. The van der Waals surface area contributed by atoms with Crippen LogP contribution < -0.4 is 10.2 Å². The summed E-state index contributed by atoms with van der Waals surface area (Å²) in [6.45, 7) is 15.5. The van der Waals surface area contributed by atoms with E-state index in [0.29, 0.717) is 0 Å². The fraction of sp³-hybridized carbons (Fsp3) is 0.423. The molecule has 6 nitrogen and oxygen atoms in total. The summed E-state index contributed by atoms with van der Waals surface area (Å²) >= 11 is 0. The molecule has 1 aliphatic heterocycles. The molecule has 0 amide bonds. The van der Waals surface area contributed by atoms with Crippen LogP contribution in [0.25, 0.3) is 22.2 Å². The Labute approximate surface area is 191 Å². The molecule has 1 N–H and O–H groups in total. The van der Waals surface area contributed by atoms with E-state index >= 15 is 0 Å². The van der Waals surface area contributed by atoms with Crippen molar-refractivity contribution in [3.8, 4) is 11.1 Å². The first-order chi connectivity index (χ1) is 15.4. The fourth-order valence-corrected chi connectivity index (χ4v) is 4.30. The lowest BCUT2D eigenvalue weighted by atomic mass is 10.0. The molecular weight excluding hydrogens is 396 g/mol. The molecule has 1 saturated heterocycles. The van der Waals surface area contributed by atoms with Gasteiger partial charge in [-0.2, -0.15) is 0 Å². The molecule has 3 aromatic rings. The highest BCUT2D eigenvalue weighted by Gasteiger charge is 2.26. The number of rotatable bonds is 6. The number of anilines is 1. The van der Waals surface area contributed by atoms with Crippen LogP contribution in [0, 0.1) is 0 Å². The van der Waals surface area contributed by atoms with Crippen LogP contribution in [0.4, 0.5) is 11.5 Å². The van der Waals surface area contributed by atoms with E-state index in [1.807, 2.05) is 13.2 Å². The highest BCUT2D eigenvalue weighted by molar-refractivity contribution is 5.83. The maximum absolute atomic E-state index is 4.97. The molecule has 0 unspecified atom stereocenters. The molecule has 0 spiro atoms. The van der Waals surface area contributed by atoms with Crippen molar-refractivity contribution in [2.24, 2.45) is 4.99 Å². The number of benzene rings is 2. The summed E-state index contributed by atoms with van der Waals surface area (Å²) in [7, 11) is 1.96. The van der Waals surface area contributed by atoms with Crippen LogP contribution in [-0.2, 0) is 6.42 Å². The van der Waals surface area contributed by atoms with E-state index in [2.05, 4.69) is 89.0 Å². The smallest absolute Gasteiger partial charge is 0.147 e. The van der Waals surface area contributed by atoms with Crippen LogP contribution >= 0.6 is 0 Å². The van der Waals surface area contributed by atoms with Crippen LogP contribution in [-0.4, -0.2) is 66.9 Å². The molecule has 2 heterocycles. The van der Waals surface area contributed by atoms with Gasteiger partial charge in [0.1, 0.15) is 5.82 Å². The molecule has 1 aliphatic rings. The lowest BCUT2D eigenvalue weighted by Gasteiger charge is -2.42. The molecule has 1 aromatic heterocycles. The normalized spacial score (nSPS) is 15.3. The Morgan fingerprint density at radius 2 is 1.72 bits per heavy atom. The Hall–Kier alpha value is -2.83. The Morgan fingerprint density at radius 1 is 1.00 bits per heavy atom. The molecule has 1 fully saturated rings. The molecule has 0 bridgehead atoms. The summed E-state index contributed by atoms with van der Waals surface area (Å²) in [6.07, 6.45) is 2.84. The van der Waals surface area contributed by atoms with Gasteiger partial charge in [-0.15, -0.1) is 0 Å². The topological polar surface area (TPSA) is 56.7 Å². The highest BCUT2D eigenvalue weighted by Crippen LogP contribution is 2.30. The molecule has 168 valence electrons. The van der Waals surface area contributed by atoms with Gasteiger partial charge in [0.15, 0.2) is 0 Å². The number of aromatic nitrogens is 2. The molecule has 6 heteroatoms.